The first-order valence-electron chi connectivity index (χ1n) is 8.08. The Morgan fingerprint density at radius 2 is 1.58 bits per heavy atom. The molecular formula is C12H24N3O10P. The van der Waals surface area contributed by atoms with Crippen LogP contribution in [0, 0.1) is 30.3 Å². The zero-order valence-electron chi connectivity index (χ0n) is 14.6. The summed E-state index contributed by atoms with van der Waals surface area (Å²) in [6.45, 7) is 2.98. The first-order valence-corrected chi connectivity index (χ1v) is 9.58. The third-order valence-electron chi connectivity index (χ3n) is 3.57. The highest BCUT2D eigenvalue weighted by Gasteiger charge is 2.69. The number of nitro groups is 3. The van der Waals surface area contributed by atoms with Crippen LogP contribution in [0.1, 0.15) is 58.8 Å². The van der Waals surface area contributed by atoms with Crippen LogP contribution >= 0.6 is 7.82 Å². The third kappa shape index (κ3) is 7.68. The Morgan fingerprint density at radius 1 is 1.04 bits per heavy atom. The van der Waals surface area contributed by atoms with Gasteiger partial charge in [0, 0.05) is 0 Å². The van der Waals surface area contributed by atoms with Crippen molar-refractivity contribution in [3.05, 3.63) is 30.3 Å². The molecule has 0 aromatic carbocycles. The highest BCUT2D eigenvalue weighted by atomic mass is 31.2. The standard InChI is InChI=1S/C12H24N3O10P/c1-3-4-5-6-8-11(2)25-26(22,23)24-10-7-9-12(13(16)17,14(18)19)15(20)21/h11H,3-10H2,1-2H3,(H,22,23). The molecule has 0 saturated heterocycles. The average molecular weight is 401 g/mol. The van der Waals surface area contributed by atoms with Crippen LogP contribution in [0.2, 0.25) is 0 Å². The number of hydrogen-bond donors (Lipinski definition) is 1. The van der Waals surface area contributed by atoms with Crippen LogP contribution in [0.3, 0.4) is 0 Å². The summed E-state index contributed by atoms with van der Waals surface area (Å²) in [6, 6.07) is 0. The first kappa shape index (κ1) is 24.3. The minimum absolute atomic E-state index is 0.529. The van der Waals surface area contributed by atoms with Gasteiger partial charge in [0.15, 0.2) is 21.2 Å². The summed E-state index contributed by atoms with van der Waals surface area (Å²) in [6.07, 6.45) is 2.12. The summed E-state index contributed by atoms with van der Waals surface area (Å²) in [4.78, 5) is 36.9. The Balaban J connectivity index is 4.47. The predicted molar refractivity (Wildman–Crippen MR) is 88.0 cm³/mol. The zero-order valence-corrected chi connectivity index (χ0v) is 15.5. The maximum atomic E-state index is 11.7. The summed E-state index contributed by atoms with van der Waals surface area (Å²) in [5.74, 6) is -3.61. The number of unbranched alkanes of at least 4 members (excludes halogenated alkanes) is 3. The summed E-state index contributed by atoms with van der Waals surface area (Å²) in [7, 11) is -4.47. The van der Waals surface area contributed by atoms with Gasteiger partial charge in [-0.15, -0.1) is 0 Å². The number of rotatable bonds is 15. The molecule has 0 aliphatic carbocycles. The minimum atomic E-state index is -4.47. The van der Waals surface area contributed by atoms with E-state index < -0.39 is 53.9 Å². The second-order valence-electron chi connectivity index (χ2n) is 5.72. The molecule has 0 rings (SSSR count). The van der Waals surface area contributed by atoms with E-state index in [0.717, 1.165) is 25.7 Å². The molecule has 1 N–H and O–H groups in total. The van der Waals surface area contributed by atoms with E-state index in [1.807, 2.05) is 6.92 Å². The van der Waals surface area contributed by atoms with Crippen molar-refractivity contribution >= 4 is 7.82 Å². The molecule has 14 heteroatoms. The molecule has 152 valence electrons. The number of nitrogens with zero attached hydrogens (tertiary/aromatic N) is 3. The number of hydrogen-bond acceptors (Lipinski definition) is 9. The fraction of sp³-hybridized carbons (Fsp3) is 1.00. The van der Waals surface area contributed by atoms with E-state index >= 15 is 0 Å². The van der Waals surface area contributed by atoms with Gasteiger partial charge in [-0.3, -0.25) is 39.4 Å². The third-order valence-corrected chi connectivity index (χ3v) is 4.70. The molecule has 0 spiro atoms. The van der Waals surface area contributed by atoms with Gasteiger partial charge in [0.2, 0.25) is 0 Å². The van der Waals surface area contributed by atoms with Gasteiger partial charge in [-0.05, 0) is 19.8 Å². The molecule has 0 heterocycles. The summed E-state index contributed by atoms with van der Waals surface area (Å²) in [5, 5.41) is 32.2. The van der Waals surface area contributed by atoms with Crippen LogP contribution in [0.15, 0.2) is 0 Å². The topological polar surface area (TPSA) is 185 Å². The Labute approximate surface area is 149 Å². The predicted octanol–water partition coefficient (Wildman–Crippen LogP) is 2.74. The van der Waals surface area contributed by atoms with Crippen molar-refractivity contribution in [2.75, 3.05) is 6.61 Å². The second-order valence-corrected chi connectivity index (χ2v) is 7.12. The van der Waals surface area contributed by atoms with Crippen molar-refractivity contribution in [3.63, 3.8) is 0 Å². The molecule has 0 bridgehead atoms. The monoisotopic (exact) mass is 401 g/mol. The van der Waals surface area contributed by atoms with Crippen LogP contribution in [-0.2, 0) is 13.6 Å². The lowest BCUT2D eigenvalue weighted by molar-refractivity contribution is -0.970. The molecule has 0 saturated carbocycles. The normalized spacial score (nSPS) is 15.2. The maximum Gasteiger partial charge on any atom is 0.699 e. The van der Waals surface area contributed by atoms with Crippen molar-refractivity contribution < 1.29 is 33.3 Å². The Kier molecular flexibility index (Phi) is 10.4. The first-order chi connectivity index (χ1) is 12.0. The quantitative estimate of drug-likeness (QED) is 0.140. The van der Waals surface area contributed by atoms with Crippen LogP contribution < -0.4 is 0 Å². The van der Waals surface area contributed by atoms with Crippen molar-refractivity contribution in [1.82, 2.24) is 0 Å². The SMILES string of the molecule is CCCCCCC(C)OP(=O)(O)OCCCC([N+](=O)[O-])([N+](=O)[O-])[N+](=O)[O-]. The molecule has 13 nitrogen and oxygen atoms in total. The van der Waals surface area contributed by atoms with E-state index in [9.17, 15) is 39.8 Å². The molecule has 0 amide bonds. The van der Waals surface area contributed by atoms with E-state index in [-0.39, 0.29) is 0 Å². The van der Waals surface area contributed by atoms with Crippen LogP contribution in [0.5, 0.6) is 0 Å². The van der Waals surface area contributed by atoms with Gasteiger partial charge in [0.25, 0.3) is 0 Å². The lowest BCUT2D eigenvalue weighted by Crippen LogP contribution is -2.53. The van der Waals surface area contributed by atoms with Crippen LogP contribution in [0.4, 0.5) is 0 Å². The Hall–Kier alpha value is -1.69. The van der Waals surface area contributed by atoms with E-state index in [1.54, 1.807) is 6.92 Å². The van der Waals surface area contributed by atoms with E-state index in [0.29, 0.717) is 6.42 Å². The smallest absolute Gasteiger partial charge is 0.302 e. The number of phosphoric ester groups is 1. The molecular weight excluding hydrogens is 377 g/mol. The number of phosphoric acid groups is 1. The van der Waals surface area contributed by atoms with Gasteiger partial charge in [-0.1, -0.05) is 32.6 Å². The van der Waals surface area contributed by atoms with E-state index in [4.69, 9.17) is 4.52 Å². The van der Waals surface area contributed by atoms with Gasteiger partial charge in [-0.25, -0.2) is 4.57 Å². The van der Waals surface area contributed by atoms with Gasteiger partial charge in [0.1, 0.15) is 0 Å². The largest absolute Gasteiger partial charge is 0.699 e. The highest BCUT2D eigenvalue weighted by molar-refractivity contribution is 7.47. The fourth-order valence-corrected chi connectivity index (χ4v) is 3.11. The van der Waals surface area contributed by atoms with Crippen LogP contribution in [-0.4, -0.2) is 38.2 Å². The Morgan fingerprint density at radius 3 is 2.04 bits per heavy atom. The molecule has 26 heavy (non-hydrogen) atoms. The zero-order chi connectivity index (χ0) is 20.4. The van der Waals surface area contributed by atoms with Gasteiger partial charge in [-0.2, -0.15) is 0 Å². The second kappa shape index (κ2) is 11.1. The van der Waals surface area contributed by atoms with Gasteiger partial charge < -0.3 is 4.89 Å². The molecule has 0 aromatic rings. The van der Waals surface area contributed by atoms with Gasteiger partial charge >= 0.3 is 13.6 Å². The van der Waals surface area contributed by atoms with E-state index in [1.165, 1.54) is 0 Å². The Bertz CT molecular complexity index is 507. The van der Waals surface area contributed by atoms with Gasteiger partial charge in [0.05, 0.1) is 12.7 Å². The molecule has 0 aliphatic heterocycles. The minimum Gasteiger partial charge on any atom is -0.302 e. The van der Waals surface area contributed by atoms with Crippen molar-refractivity contribution in [2.24, 2.45) is 0 Å². The molecule has 0 aromatic heterocycles. The van der Waals surface area contributed by atoms with Crippen molar-refractivity contribution in [2.45, 2.75) is 70.7 Å². The molecule has 2 unspecified atom stereocenters. The highest BCUT2D eigenvalue weighted by Crippen LogP contribution is 2.45. The molecule has 0 radical (unpaired) electrons. The molecule has 2 atom stereocenters. The van der Waals surface area contributed by atoms with Crippen LogP contribution in [0.25, 0.3) is 0 Å². The van der Waals surface area contributed by atoms with Crippen molar-refractivity contribution in [1.29, 1.82) is 0 Å². The van der Waals surface area contributed by atoms with Crippen molar-refractivity contribution in [3.8, 4) is 0 Å². The fourth-order valence-electron chi connectivity index (χ4n) is 2.13. The molecule has 0 fully saturated rings. The lowest BCUT2D eigenvalue weighted by atomic mass is 10.1. The summed E-state index contributed by atoms with van der Waals surface area (Å²) < 4.78 is 21.2. The summed E-state index contributed by atoms with van der Waals surface area (Å²) >= 11 is 0. The maximum absolute atomic E-state index is 11.7. The summed E-state index contributed by atoms with van der Waals surface area (Å²) in [5.41, 5.74) is 0. The lowest BCUT2D eigenvalue weighted by Gasteiger charge is -2.17. The van der Waals surface area contributed by atoms with E-state index in [2.05, 4.69) is 4.52 Å². The average Bonchev–Trinajstić information content (AvgIpc) is 2.50. The molecule has 0 aliphatic rings.